The van der Waals surface area contributed by atoms with Crippen molar-refractivity contribution in [1.29, 1.82) is 0 Å². The van der Waals surface area contributed by atoms with Gasteiger partial charge in [0.25, 0.3) is 0 Å². The second kappa shape index (κ2) is 8.35. The summed E-state index contributed by atoms with van der Waals surface area (Å²) in [4.78, 5) is 0.0947. The summed E-state index contributed by atoms with van der Waals surface area (Å²) in [5.74, 6) is -0.378. The number of ether oxygens (including phenoxy) is 1. The summed E-state index contributed by atoms with van der Waals surface area (Å²) in [6.45, 7) is 1.36. The molecular weight excluding hydrogens is 431 g/mol. The maximum absolute atomic E-state index is 13.2. The summed E-state index contributed by atoms with van der Waals surface area (Å²) >= 11 is 0. The predicted molar refractivity (Wildman–Crippen MR) is 108 cm³/mol. The number of hydrogen-bond acceptors (Lipinski definition) is 5. The zero-order valence-corrected chi connectivity index (χ0v) is 17.9. The number of nitrogens with zero attached hydrogens (tertiary/aromatic N) is 2. The average molecular weight is 455 g/mol. The zero-order chi connectivity index (χ0) is 21.4. The van der Waals surface area contributed by atoms with Gasteiger partial charge in [0, 0.05) is 25.7 Å². The van der Waals surface area contributed by atoms with Crippen LogP contribution in [0.4, 0.5) is 4.39 Å². The zero-order valence-electron chi connectivity index (χ0n) is 16.3. The molecule has 1 heterocycles. The molecule has 1 saturated heterocycles. The molecule has 0 amide bonds. The fourth-order valence-electron chi connectivity index (χ4n) is 3.40. The van der Waals surface area contributed by atoms with Crippen LogP contribution >= 0.6 is 0 Å². The van der Waals surface area contributed by atoms with Gasteiger partial charge in [-0.1, -0.05) is 12.1 Å². The normalized spacial score (nSPS) is 18.6. The lowest BCUT2D eigenvalue weighted by molar-refractivity contribution is 0.0730. The summed E-state index contributed by atoms with van der Waals surface area (Å²) in [6.07, 6.45) is 1.54. The predicted octanol–water partition coefficient (Wildman–Crippen LogP) is 2.20. The van der Waals surface area contributed by atoms with Crippen molar-refractivity contribution in [2.45, 2.75) is 35.2 Å². The Balaban J connectivity index is 1.57. The molecule has 2 fully saturated rings. The molecule has 1 saturated carbocycles. The Bertz CT molecular complexity index is 1090. The first kappa shape index (κ1) is 21.4. The van der Waals surface area contributed by atoms with Crippen LogP contribution in [-0.2, 0) is 31.3 Å². The molecule has 2 aliphatic rings. The second-order valence-electron chi connectivity index (χ2n) is 7.40. The molecule has 0 N–H and O–H groups in total. The summed E-state index contributed by atoms with van der Waals surface area (Å²) in [5.41, 5.74) is 0.693. The summed E-state index contributed by atoms with van der Waals surface area (Å²) in [7, 11) is -7.51. The standard InChI is InChI=1S/C20H23FN2O5S2/c21-17-3-1-16(2-4-17)15-23(18-5-6-18)30(26,27)20-9-7-19(8-10-20)29(24,25)22-11-13-28-14-12-22/h1-4,7-10,18H,5-6,11-15H2. The Kier molecular flexibility index (Phi) is 5.95. The number of benzene rings is 2. The molecule has 2 aromatic carbocycles. The van der Waals surface area contributed by atoms with E-state index < -0.39 is 20.0 Å². The first-order chi connectivity index (χ1) is 14.3. The van der Waals surface area contributed by atoms with Gasteiger partial charge in [-0.3, -0.25) is 0 Å². The Morgan fingerprint density at radius 3 is 2.03 bits per heavy atom. The monoisotopic (exact) mass is 454 g/mol. The first-order valence-electron chi connectivity index (χ1n) is 9.73. The highest BCUT2D eigenvalue weighted by Crippen LogP contribution is 2.34. The van der Waals surface area contributed by atoms with Crippen LogP contribution in [0.2, 0.25) is 0 Å². The third-order valence-corrected chi connectivity index (χ3v) is 9.07. The smallest absolute Gasteiger partial charge is 0.243 e. The van der Waals surface area contributed by atoms with Gasteiger partial charge in [0.05, 0.1) is 23.0 Å². The number of halogens is 1. The van der Waals surface area contributed by atoms with Crippen molar-refractivity contribution in [3.63, 3.8) is 0 Å². The van der Waals surface area contributed by atoms with Gasteiger partial charge in [-0.2, -0.15) is 8.61 Å². The van der Waals surface area contributed by atoms with E-state index in [1.165, 1.54) is 45.0 Å². The fraction of sp³-hybridized carbons (Fsp3) is 0.400. The van der Waals surface area contributed by atoms with E-state index in [1.54, 1.807) is 12.1 Å². The minimum atomic E-state index is -3.82. The molecule has 0 atom stereocenters. The molecule has 10 heteroatoms. The molecular formula is C20H23FN2O5S2. The van der Waals surface area contributed by atoms with Gasteiger partial charge < -0.3 is 4.74 Å². The third kappa shape index (κ3) is 4.42. The van der Waals surface area contributed by atoms with Crippen molar-refractivity contribution < 1.29 is 26.0 Å². The highest BCUT2D eigenvalue weighted by Gasteiger charge is 2.38. The van der Waals surface area contributed by atoms with E-state index in [0.717, 1.165) is 12.8 Å². The van der Waals surface area contributed by atoms with E-state index in [0.29, 0.717) is 18.8 Å². The Hall–Kier alpha value is -1.85. The van der Waals surface area contributed by atoms with Gasteiger partial charge >= 0.3 is 0 Å². The third-order valence-electron chi connectivity index (χ3n) is 5.24. The van der Waals surface area contributed by atoms with Crippen molar-refractivity contribution in [3.8, 4) is 0 Å². The van der Waals surface area contributed by atoms with E-state index >= 15 is 0 Å². The maximum atomic E-state index is 13.2. The summed E-state index contributed by atoms with van der Waals surface area (Å²) < 4.78 is 73.1. The molecule has 2 aromatic rings. The van der Waals surface area contributed by atoms with Gasteiger partial charge in [-0.05, 0) is 54.8 Å². The van der Waals surface area contributed by atoms with Crippen LogP contribution in [0.15, 0.2) is 58.3 Å². The lowest BCUT2D eigenvalue weighted by atomic mass is 10.2. The second-order valence-corrected chi connectivity index (χ2v) is 11.2. The van der Waals surface area contributed by atoms with Crippen LogP contribution in [0.3, 0.4) is 0 Å². The minimum absolute atomic E-state index is 0.0393. The largest absolute Gasteiger partial charge is 0.379 e. The van der Waals surface area contributed by atoms with E-state index in [4.69, 9.17) is 4.74 Å². The van der Waals surface area contributed by atoms with Crippen molar-refractivity contribution in [1.82, 2.24) is 8.61 Å². The van der Waals surface area contributed by atoms with E-state index in [1.807, 2.05) is 0 Å². The van der Waals surface area contributed by atoms with Crippen LogP contribution in [0.1, 0.15) is 18.4 Å². The van der Waals surface area contributed by atoms with Crippen LogP contribution in [0.5, 0.6) is 0 Å². The number of rotatable bonds is 7. The molecule has 7 nitrogen and oxygen atoms in total. The maximum Gasteiger partial charge on any atom is 0.243 e. The van der Waals surface area contributed by atoms with Crippen LogP contribution in [0.25, 0.3) is 0 Å². The average Bonchev–Trinajstić information content (AvgIpc) is 3.59. The van der Waals surface area contributed by atoms with E-state index in [9.17, 15) is 21.2 Å². The van der Waals surface area contributed by atoms with Gasteiger partial charge in [0.1, 0.15) is 5.82 Å². The molecule has 0 bridgehead atoms. The van der Waals surface area contributed by atoms with Gasteiger partial charge in [-0.25, -0.2) is 21.2 Å². The van der Waals surface area contributed by atoms with Crippen molar-refractivity contribution in [3.05, 3.63) is 59.9 Å². The van der Waals surface area contributed by atoms with Gasteiger partial charge in [-0.15, -0.1) is 0 Å². The molecule has 30 heavy (non-hydrogen) atoms. The number of morpholine rings is 1. The molecule has 0 radical (unpaired) electrons. The first-order valence-corrected chi connectivity index (χ1v) is 12.6. The highest BCUT2D eigenvalue weighted by atomic mass is 32.2. The van der Waals surface area contributed by atoms with Crippen molar-refractivity contribution >= 4 is 20.0 Å². The van der Waals surface area contributed by atoms with Crippen molar-refractivity contribution in [2.75, 3.05) is 26.3 Å². The summed E-state index contributed by atoms with van der Waals surface area (Å²) in [5, 5.41) is 0. The SMILES string of the molecule is O=S(=O)(c1ccc(S(=O)(=O)N(Cc2ccc(F)cc2)C2CC2)cc1)N1CCOCC1. The van der Waals surface area contributed by atoms with E-state index in [-0.39, 0.29) is 41.3 Å². The molecule has 4 rings (SSSR count). The molecule has 162 valence electrons. The van der Waals surface area contributed by atoms with Crippen molar-refractivity contribution in [2.24, 2.45) is 0 Å². The molecule has 0 aromatic heterocycles. The molecule has 0 unspecified atom stereocenters. The van der Waals surface area contributed by atoms with Crippen LogP contribution in [0, 0.1) is 5.82 Å². The molecule has 1 aliphatic carbocycles. The lowest BCUT2D eigenvalue weighted by Crippen LogP contribution is -2.40. The Morgan fingerprint density at radius 2 is 1.47 bits per heavy atom. The highest BCUT2D eigenvalue weighted by molar-refractivity contribution is 7.89. The Labute approximate surface area is 176 Å². The minimum Gasteiger partial charge on any atom is -0.379 e. The Morgan fingerprint density at radius 1 is 0.900 bits per heavy atom. The molecule has 1 aliphatic heterocycles. The fourth-order valence-corrected chi connectivity index (χ4v) is 6.48. The number of hydrogen-bond donors (Lipinski definition) is 0. The van der Waals surface area contributed by atoms with Gasteiger partial charge in [0.2, 0.25) is 20.0 Å². The van der Waals surface area contributed by atoms with E-state index in [2.05, 4.69) is 0 Å². The quantitative estimate of drug-likeness (QED) is 0.641. The van der Waals surface area contributed by atoms with Crippen LogP contribution in [-0.4, -0.2) is 57.8 Å². The topological polar surface area (TPSA) is 84.0 Å². The number of sulfonamides is 2. The lowest BCUT2D eigenvalue weighted by Gasteiger charge is -2.26. The molecule has 0 spiro atoms. The van der Waals surface area contributed by atoms with Crippen LogP contribution < -0.4 is 0 Å². The summed E-state index contributed by atoms with van der Waals surface area (Å²) in [6, 6.07) is 11.0. The van der Waals surface area contributed by atoms with Gasteiger partial charge in [0.15, 0.2) is 0 Å².